The molecule has 1 atom stereocenters. The van der Waals surface area contributed by atoms with E-state index < -0.39 is 12.2 Å². The molecule has 0 aromatic carbocycles. The van der Waals surface area contributed by atoms with E-state index >= 15 is 0 Å². The molecule has 1 fully saturated rings. The zero-order valence-electron chi connectivity index (χ0n) is 17.2. The van der Waals surface area contributed by atoms with Crippen LogP contribution in [0.25, 0.3) is 16.9 Å². The summed E-state index contributed by atoms with van der Waals surface area (Å²) in [5.41, 5.74) is 0.366. The van der Waals surface area contributed by atoms with Gasteiger partial charge in [0.05, 0.1) is 11.1 Å². The van der Waals surface area contributed by atoms with Crippen molar-refractivity contribution in [2.24, 2.45) is 0 Å². The summed E-state index contributed by atoms with van der Waals surface area (Å²) in [6.45, 7) is 1.19. The van der Waals surface area contributed by atoms with Gasteiger partial charge in [-0.3, -0.25) is 9.69 Å². The number of aromatic nitrogens is 6. The highest BCUT2D eigenvalue weighted by atomic mass is 35.5. The maximum atomic E-state index is 13.0. The highest BCUT2D eigenvalue weighted by molar-refractivity contribution is 6.32. The second-order valence-electron chi connectivity index (χ2n) is 7.48. The number of anilines is 1. The smallest absolute Gasteiger partial charge is 0.268 e. The molecule has 5 rings (SSSR count). The number of fused-ring (bicyclic) bond motifs is 1. The van der Waals surface area contributed by atoms with Gasteiger partial charge in [0.25, 0.3) is 5.91 Å². The standard InChI is InChI=1S/C21H19ClN8O3/c22-15-4-3-7-24-19(15)30-10-14-18(28-30)25-12-26-21(14)33-16(11-29-8-13(31)9-29)20(32)27-17-5-1-2-6-23-17/h1-7,10,12-13,16,31H,8-9,11H2,(H,23,27,32)/t16-/m0/s1. The maximum Gasteiger partial charge on any atom is 0.268 e. The fourth-order valence-corrected chi connectivity index (χ4v) is 3.65. The number of carbonyl (C=O) groups excluding carboxylic acids is 1. The van der Waals surface area contributed by atoms with E-state index in [4.69, 9.17) is 16.3 Å². The van der Waals surface area contributed by atoms with Crippen LogP contribution in [0.5, 0.6) is 5.88 Å². The molecule has 33 heavy (non-hydrogen) atoms. The summed E-state index contributed by atoms with van der Waals surface area (Å²) in [7, 11) is 0. The molecule has 0 spiro atoms. The number of ether oxygens (including phenoxy) is 1. The molecule has 0 bridgehead atoms. The minimum Gasteiger partial charge on any atom is -0.462 e. The van der Waals surface area contributed by atoms with E-state index in [9.17, 15) is 9.90 Å². The summed E-state index contributed by atoms with van der Waals surface area (Å²) in [6.07, 6.45) is 4.84. The minimum absolute atomic E-state index is 0.195. The van der Waals surface area contributed by atoms with Gasteiger partial charge in [-0.15, -0.1) is 5.10 Å². The van der Waals surface area contributed by atoms with Gasteiger partial charge in [0.2, 0.25) is 5.88 Å². The molecule has 168 valence electrons. The Morgan fingerprint density at radius 1 is 1.18 bits per heavy atom. The first-order valence-electron chi connectivity index (χ1n) is 10.2. The first-order chi connectivity index (χ1) is 16.1. The summed E-state index contributed by atoms with van der Waals surface area (Å²) < 4.78 is 7.55. The van der Waals surface area contributed by atoms with Crippen LogP contribution in [0.2, 0.25) is 5.02 Å². The number of carbonyl (C=O) groups is 1. The molecule has 4 aromatic rings. The quantitative estimate of drug-likeness (QED) is 0.414. The molecular weight excluding hydrogens is 448 g/mol. The number of hydrogen-bond donors (Lipinski definition) is 2. The summed E-state index contributed by atoms with van der Waals surface area (Å²) in [5, 5.41) is 17.7. The van der Waals surface area contributed by atoms with Crippen molar-refractivity contribution in [1.29, 1.82) is 0 Å². The summed E-state index contributed by atoms with van der Waals surface area (Å²) in [5.74, 6) is 0.648. The number of nitrogens with one attached hydrogen (secondary N) is 1. The van der Waals surface area contributed by atoms with Crippen LogP contribution in [0.3, 0.4) is 0 Å². The Bertz CT molecular complexity index is 1280. The van der Waals surface area contributed by atoms with Crippen LogP contribution >= 0.6 is 11.6 Å². The average molecular weight is 467 g/mol. The van der Waals surface area contributed by atoms with E-state index in [-0.39, 0.29) is 18.3 Å². The number of aliphatic hydroxyl groups is 1. The average Bonchev–Trinajstić information content (AvgIpc) is 3.23. The van der Waals surface area contributed by atoms with Crippen molar-refractivity contribution in [3.8, 4) is 11.7 Å². The van der Waals surface area contributed by atoms with Gasteiger partial charge in [-0.25, -0.2) is 24.6 Å². The van der Waals surface area contributed by atoms with Crippen molar-refractivity contribution in [3.63, 3.8) is 0 Å². The lowest BCUT2D eigenvalue weighted by atomic mass is 10.1. The van der Waals surface area contributed by atoms with E-state index in [0.29, 0.717) is 40.8 Å². The lowest BCUT2D eigenvalue weighted by Crippen LogP contribution is -2.55. The molecular formula is C21H19ClN8O3. The zero-order valence-corrected chi connectivity index (χ0v) is 18.0. The third kappa shape index (κ3) is 4.60. The molecule has 0 unspecified atom stereocenters. The maximum absolute atomic E-state index is 13.0. The monoisotopic (exact) mass is 466 g/mol. The predicted octanol–water partition coefficient (Wildman–Crippen LogP) is 1.32. The number of nitrogens with zero attached hydrogens (tertiary/aromatic N) is 7. The molecule has 12 heteroatoms. The molecule has 0 radical (unpaired) electrons. The van der Waals surface area contributed by atoms with E-state index in [0.717, 1.165) is 0 Å². The molecule has 11 nitrogen and oxygen atoms in total. The van der Waals surface area contributed by atoms with Gasteiger partial charge in [-0.05, 0) is 24.3 Å². The first-order valence-corrected chi connectivity index (χ1v) is 10.5. The Balaban J connectivity index is 1.43. The van der Waals surface area contributed by atoms with E-state index in [1.54, 1.807) is 48.9 Å². The number of amides is 1. The summed E-state index contributed by atoms with van der Waals surface area (Å²) >= 11 is 6.25. The second kappa shape index (κ2) is 9.06. The van der Waals surface area contributed by atoms with Crippen LogP contribution in [-0.2, 0) is 4.79 Å². The number of rotatable bonds is 7. The number of β-amino-alcohol motifs (C(OH)–C–C–N with tert-alkyl or cyclic N) is 1. The Morgan fingerprint density at radius 3 is 2.79 bits per heavy atom. The number of pyridine rings is 2. The van der Waals surface area contributed by atoms with Gasteiger partial charge in [0, 0.05) is 38.2 Å². The predicted molar refractivity (Wildman–Crippen MR) is 119 cm³/mol. The molecule has 5 heterocycles. The Kier molecular flexibility index (Phi) is 5.82. The van der Waals surface area contributed by atoms with Crippen molar-refractivity contribution in [1.82, 2.24) is 34.6 Å². The van der Waals surface area contributed by atoms with Crippen LogP contribution in [0.1, 0.15) is 0 Å². The van der Waals surface area contributed by atoms with Crippen molar-refractivity contribution in [3.05, 3.63) is 60.3 Å². The van der Waals surface area contributed by atoms with Gasteiger partial charge >= 0.3 is 0 Å². The van der Waals surface area contributed by atoms with E-state index in [1.807, 2.05) is 4.90 Å². The van der Waals surface area contributed by atoms with Gasteiger partial charge in [0.15, 0.2) is 17.6 Å². The van der Waals surface area contributed by atoms with E-state index in [1.165, 1.54) is 11.0 Å². The topological polar surface area (TPSA) is 131 Å². The van der Waals surface area contributed by atoms with Crippen molar-refractivity contribution < 1.29 is 14.6 Å². The summed E-state index contributed by atoms with van der Waals surface area (Å²) in [6, 6.07) is 8.65. The molecule has 1 aliphatic heterocycles. The molecule has 4 aromatic heterocycles. The van der Waals surface area contributed by atoms with Crippen LogP contribution in [0.4, 0.5) is 5.82 Å². The lowest BCUT2D eigenvalue weighted by molar-refractivity contribution is -0.125. The fraction of sp³-hybridized carbons (Fsp3) is 0.238. The molecule has 1 aliphatic rings. The molecule has 1 saturated heterocycles. The van der Waals surface area contributed by atoms with Gasteiger partial charge in [0.1, 0.15) is 17.5 Å². The third-order valence-electron chi connectivity index (χ3n) is 5.06. The van der Waals surface area contributed by atoms with Crippen molar-refractivity contribution >= 4 is 34.4 Å². The first kappa shape index (κ1) is 21.2. The fourth-order valence-electron chi connectivity index (χ4n) is 3.44. The number of likely N-dealkylation sites (tertiary alicyclic amines) is 1. The zero-order chi connectivity index (χ0) is 22.8. The van der Waals surface area contributed by atoms with Gasteiger partial charge < -0.3 is 15.2 Å². The van der Waals surface area contributed by atoms with Crippen LogP contribution in [0.15, 0.2) is 55.2 Å². The van der Waals surface area contributed by atoms with Gasteiger partial charge in [-0.1, -0.05) is 17.7 Å². The van der Waals surface area contributed by atoms with Gasteiger partial charge in [-0.2, -0.15) is 0 Å². The Morgan fingerprint density at radius 2 is 2.03 bits per heavy atom. The number of halogens is 1. The van der Waals surface area contributed by atoms with Crippen LogP contribution in [-0.4, -0.2) is 77.5 Å². The summed E-state index contributed by atoms with van der Waals surface area (Å²) in [4.78, 5) is 31.7. The van der Waals surface area contributed by atoms with Crippen LogP contribution in [0, 0.1) is 0 Å². The molecule has 0 saturated carbocycles. The Hall–Kier alpha value is -3.67. The number of aliphatic hydroxyl groups excluding tert-OH is 1. The van der Waals surface area contributed by atoms with Crippen molar-refractivity contribution in [2.75, 3.05) is 25.0 Å². The third-order valence-corrected chi connectivity index (χ3v) is 5.36. The molecule has 0 aliphatic carbocycles. The highest BCUT2D eigenvalue weighted by Crippen LogP contribution is 2.25. The normalized spacial score (nSPS) is 15.2. The largest absolute Gasteiger partial charge is 0.462 e. The van der Waals surface area contributed by atoms with Crippen LogP contribution < -0.4 is 10.1 Å². The highest BCUT2D eigenvalue weighted by Gasteiger charge is 2.32. The van der Waals surface area contributed by atoms with Crippen molar-refractivity contribution in [2.45, 2.75) is 12.2 Å². The lowest BCUT2D eigenvalue weighted by Gasteiger charge is -2.37. The SMILES string of the molecule is O=C(Nc1ccccn1)[C@H](CN1CC(O)C1)Oc1ncnc2nn(-c3ncccc3Cl)cc12. The minimum atomic E-state index is -0.917. The Labute approximate surface area is 193 Å². The van der Waals surface area contributed by atoms with E-state index in [2.05, 4.69) is 30.4 Å². The molecule has 1 amide bonds. The second-order valence-corrected chi connectivity index (χ2v) is 7.89. The number of hydrogen-bond acceptors (Lipinski definition) is 9. The molecule has 2 N–H and O–H groups in total.